The van der Waals surface area contributed by atoms with Crippen molar-refractivity contribution in [3.05, 3.63) is 17.2 Å². The number of fused-ring (bicyclic) bond motifs is 1. The molecule has 0 atom stereocenters. The summed E-state index contributed by atoms with van der Waals surface area (Å²) in [6.45, 7) is 1.81. The SMILES string of the molecule is CI.COc1cc2c(c(OC)c1OC)CNCC2. The van der Waals surface area contributed by atoms with E-state index in [4.69, 9.17) is 14.2 Å². The molecule has 1 aromatic rings. The topological polar surface area (TPSA) is 39.7 Å². The lowest BCUT2D eigenvalue weighted by Gasteiger charge is -2.23. The lowest BCUT2D eigenvalue weighted by atomic mass is 9.99. The van der Waals surface area contributed by atoms with E-state index in [2.05, 4.69) is 27.9 Å². The Kier molecular flexibility index (Phi) is 6.56. The maximum atomic E-state index is 5.43. The van der Waals surface area contributed by atoms with Crippen molar-refractivity contribution in [2.45, 2.75) is 13.0 Å². The highest BCUT2D eigenvalue weighted by Crippen LogP contribution is 2.42. The maximum absolute atomic E-state index is 5.43. The van der Waals surface area contributed by atoms with Gasteiger partial charge in [0.1, 0.15) is 0 Å². The number of hydrogen-bond donors (Lipinski definition) is 1. The molecule has 0 radical (unpaired) electrons. The summed E-state index contributed by atoms with van der Waals surface area (Å²) in [6, 6.07) is 2.04. The molecular weight excluding hydrogens is 345 g/mol. The molecule has 4 nitrogen and oxygen atoms in total. The summed E-state index contributed by atoms with van der Waals surface area (Å²) >= 11 is 2.15. The van der Waals surface area contributed by atoms with Crippen LogP contribution in [0.1, 0.15) is 11.1 Å². The summed E-state index contributed by atoms with van der Waals surface area (Å²) in [7, 11) is 4.93. The Morgan fingerprint density at radius 1 is 1.06 bits per heavy atom. The predicted molar refractivity (Wildman–Crippen MR) is 81.5 cm³/mol. The van der Waals surface area contributed by atoms with Crippen LogP contribution >= 0.6 is 22.6 Å². The van der Waals surface area contributed by atoms with Crippen LogP contribution in [0.2, 0.25) is 0 Å². The first-order valence-electron chi connectivity index (χ1n) is 5.71. The van der Waals surface area contributed by atoms with Gasteiger partial charge in [-0.2, -0.15) is 0 Å². The second-order valence-electron chi connectivity index (χ2n) is 3.71. The lowest BCUT2D eigenvalue weighted by molar-refractivity contribution is 0.319. The Labute approximate surface area is 122 Å². The molecule has 1 aliphatic rings. The number of nitrogens with one attached hydrogen (secondary N) is 1. The molecule has 5 heteroatoms. The number of benzene rings is 1. The van der Waals surface area contributed by atoms with Crippen molar-refractivity contribution in [3.63, 3.8) is 0 Å². The van der Waals surface area contributed by atoms with Gasteiger partial charge in [0.05, 0.1) is 21.3 Å². The van der Waals surface area contributed by atoms with Crippen LogP contribution in [0.3, 0.4) is 0 Å². The van der Waals surface area contributed by atoms with Gasteiger partial charge in [-0.25, -0.2) is 0 Å². The molecule has 0 saturated carbocycles. The Bertz CT molecular complexity index is 382. The molecule has 0 saturated heterocycles. The smallest absolute Gasteiger partial charge is 0.203 e. The zero-order valence-electron chi connectivity index (χ0n) is 11.3. The summed E-state index contributed by atoms with van der Waals surface area (Å²) in [4.78, 5) is 1.97. The first kappa shape index (κ1) is 15.4. The molecule has 0 unspecified atom stereocenters. The van der Waals surface area contributed by atoms with E-state index in [0.717, 1.165) is 31.0 Å². The average molecular weight is 365 g/mol. The maximum Gasteiger partial charge on any atom is 0.203 e. The molecule has 0 fully saturated rings. The molecule has 1 aliphatic heterocycles. The standard InChI is InChI=1S/C12H17NO3.CH3I/c1-14-10-6-8-4-5-13-7-9(8)11(15-2)12(10)16-3;1-2/h6,13H,4-5,7H2,1-3H3;1H3. The zero-order chi connectivity index (χ0) is 13.5. The van der Waals surface area contributed by atoms with Crippen molar-refractivity contribution in [2.75, 3.05) is 32.8 Å². The van der Waals surface area contributed by atoms with Gasteiger partial charge in [0.25, 0.3) is 0 Å². The molecule has 0 aliphatic carbocycles. The third kappa shape index (κ3) is 3.00. The fraction of sp³-hybridized carbons (Fsp3) is 0.538. The van der Waals surface area contributed by atoms with Crippen LogP contribution in [0.4, 0.5) is 0 Å². The molecule has 1 N–H and O–H groups in total. The van der Waals surface area contributed by atoms with Gasteiger partial charge in [-0.05, 0) is 29.5 Å². The second kappa shape index (κ2) is 7.68. The van der Waals surface area contributed by atoms with E-state index in [9.17, 15) is 0 Å². The van der Waals surface area contributed by atoms with Gasteiger partial charge in [-0.1, -0.05) is 22.6 Å². The van der Waals surface area contributed by atoms with E-state index in [1.54, 1.807) is 21.3 Å². The third-order valence-electron chi connectivity index (χ3n) is 2.90. The molecule has 1 aromatic carbocycles. The molecule has 0 amide bonds. The van der Waals surface area contributed by atoms with Gasteiger partial charge >= 0.3 is 0 Å². The summed E-state index contributed by atoms with van der Waals surface area (Å²) in [6.07, 6.45) is 0.992. The first-order chi connectivity index (χ1) is 8.81. The third-order valence-corrected chi connectivity index (χ3v) is 2.90. The molecule has 1 heterocycles. The summed E-state index contributed by atoms with van der Waals surface area (Å²) < 4.78 is 16.1. The zero-order valence-corrected chi connectivity index (χ0v) is 13.5. The minimum absolute atomic E-state index is 0.674. The minimum atomic E-state index is 0.674. The fourth-order valence-corrected chi connectivity index (χ4v) is 2.12. The van der Waals surface area contributed by atoms with Crippen LogP contribution < -0.4 is 19.5 Å². The van der Waals surface area contributed by atoms with Gasteiger partial charge in [-0.15, -0.1) is 0 Å². The van der Waals surface area contributed by atoms with Crippen molar-refractivity contribution in [2.24, 2.45) is 0 Å². The Balaban J connectivity index is 0.000000771. The first-order valence-corrected chi connectivity index (χ1v) is 7.86. The molecular formula is C13H20INO3. The molecule has 102 valence electrons. The average Bonchev–Trinajstić information content (AvgIpc) is 2.46. The second-order valence-corrected chi connectivity index (χ2v) is 3.71. The van der Waals surface area contributed by atoms with Crippen LogP contribution in [0.5, 0.6) is 17.2 Å². The molecule has 18 heavy (non-hydrogen) atoms. The summed E-state index contributed by atoms with van der Waals surface area (Å²) in [5.41, 5.74) is 2.44. The summed E-state index contributed by atoms with van der Waals surface area (Å²) in [5, 5.41) is 3.33. The van der Waals surface area contributed by atoms with Gasteiger partial charge in [0.15, 0.2) is 11.5 Å². The Morgan fingerprint density at radius 2 is 1.72 bits per heavy atom. The van der Waals surface area contributed by atoms with E-state index < -0.39 is 0 Å². The van der Waals surface area contributed by atoms with Gasteiger partial charge in [0.2, 0.25) is 5.75 Å². The number of ether oxygens (including phenoxy) is 3. The van der Waals surface area contributed by atoms with E-state index in [1.807, 2.05) is 11.0 Å². The van der Waals surface area contributed by atoms with E-state index in [1.165, 1.54) is 11.1 Å². The number of hydrogen-bond acceptors (Lipinski definition) is 4. The minimum Gasteiger partial charge on any atom is -0.493 e. The lowest BCUT2D eigenvalue weighted by Crippen LogP contribution is -2.24. The summed E-state index contributed by atoms with van der Waals surface area (Å²) in [5.74, 6) is 2.19. The highest BCUT2D eigenvalue weighted by Gasteiger charge is 2.21. The van der Waals surface area contributed by atoms with E-state index in [0.29, 0.717) is 5.75 Å². The molecule has 0 bridgehead atoms. The van der Waals surface area contributed by atoms with Gasteiger partial charge in [0, 0.05) is 12.1 Å². The number of methoxy groups -OCH3 is 3. The molecule has 0 spiro atoms. The number of alkyl halides is 1. The van der Waals surface area contributed by atoms with Crippen molar-refractivity contribution in [3.8, 4) is 17.2 Å². The monoisotopic (exact) mass is 365 g/mol. The van der Waals surface area contributed by atoms with Crippen LogP contribution in [-0.4, -0.2) is 32.8 Å². The van der Waals surface area contributed by atoms with Crippen molar-refractivity contribution in [1.29, 1.82) is 0 Å². The van der Waals surface area contributed by atoms with Gasteiger partial charge < -0.3 is 19.5 Å². The van der Waals surface area contributed by atoms with Crippen molar-refractivity contribution < 1.29 is 14.2 Å². The quantitative estimate of drug-likeness (QED) is 0.660. The molecule has 0 aromatic heterocycles. The van der Waals surface area contributed by atoms with E-state index >= 15 is 0 Å². The van der Waals surface area contributed by atoms with Crippen LogP contribution in [0, 0.1) is 0 Å². The number of rotatable bonds is 3. The fourth-order valence-electron chi connectivity index (χ4n) is 2.12. The van der Waals surface area contributed by atoms with Crippen molar-refractivity contribution in [1.82, 2.24) is 5.32 Å². The normalized spacial score (nSPS) is 12.9. The Morgan fingerprint density at radius 3 is 2.28 bits per heavy atom. The van der Waals surface area contributed by atoms with Crippen LogP contribution in [-0.2, 0) is 13.0 Å². The highest BCUT2D eigenvalue weighted by atomic mass is 127. The highest BCUT2D eigenvalue weighted by molar-refractivity contribution is 14.1. The number of halogens is 1. The van der Waals surface area contributed by atoms with Gasteiger partial charge in [-0.3, -0.25) is 0 Å². The van der Waals surface area contributed by atoms with Crippen LogP contribution in [0.15, 0.2) is 6.07 Å². The van der Waals surface area contributed by atoms with E-state index in [-0.39, 0.29) is 0 Å². The van der Waals surface area contributed by atoms with Crippen LogP contribution in [0.25, 0.3) is 0 Å². The molecule has 2 rings (SSSR count). The van der Waals surface area contributed by atoms with Crippen molar-refractivity contribution >= 4 is 22.6 Å². The predicted octanol–water partition coefficient (Wildman–Crippen LogP) is 2.41. The Hall–Kier alpha value is -0.690. The largest absolute Gasteiger partial charge is 0.493 e.